The Bertz CT molecular complexity index is 1560. The molecule has 1 amide bonds. The van der Waals surface area contributed by atoms with Crippen molar-refractivity contribution in [1.82, 2.24) is 14.8 Å². The van der Waals surface area contributed by atoms with Crippen molar-refractivity contribution in [2.45, 2.75) is 38.4 Å². The Hall–Kier alpha value is -4.48. The van der Waals surface area contributed by atoms with E-state index in [2.05, 4.69) is 10.1 Å². The monoisotopic (exact) mass is 560 g/mol. The number of amides is 1. The fraction of sp³-hybridized carbons (Fsp3) is 0.214. The minimum atomic E-state index is -4.69. The first-order valence-electron chi connectivity index (χ1n) is 11.9. The first-order valence-corrected chi connectivity index (χ1v) is 11.9. The number of benzene rings is 2. The summed E-state index contributed by atoms with van der Waals surface area (Å²) in [6, 6.07) is 9.72. The van der Waals surface area contributed by atoms with Gasteiger partial charge >= 0.3 is 6.18 Å². The lowest BCUT2D eigenvalue weighted by atomic mass is 9.86. The van der Waals surface area contributed by atoms with Crippen LogP contribution >= 0.6 is 0 Å². The van der Waals surface area contributed by atoms with Crippen molar-refractivity contribution in [1.29, 1.82) is 0 Å². The Labute approximate surface area is 224 Å². The molecule has 0 saturated heterocycles. The Kier molecular flexibility index (Phi) is 8.08. The van der Waals surface area contributed by atoms with E-state index >= 15 is 0 Å². The number of carbonyl (C=O) groups excluding carboxylic acids is 2. The van der Waals surface area contributed by atoms with Crippen molar-refractivity contribution in [2.24, 2.45) is 5.73 Å². The SMILES string of the molecule is Cc1cn(CC(=O)C[C@@H](Cc2cc(F)cc(F)c2)c2ncccc2-c2ccc(F)c(C(N)=O)c2)nc1C(F)(F)F. The highest BCUT2D eigenvalue weighted by molar-refractivity contribution is 5.94. The standard InChI is InChI=1S/C28H22F6N4O2/c1-15-13-38(37-26(15)28(32,33)34)14-21(39)10-18(7-16-8-19(29)12-20(30)9-16)25-22(3-2-6-36-25)17-4-5-24(31)23(11-17)27(35)40/h2-6,8-9,11-13,18H,7,10,14H2,1H3,(H2,35,40)/t18-/m1/s1. The highest BCUT2D eigenvalue weighted by Crippen LogP contribution is 2.34. The van der Waals surface area contributed by atoms with Gasteiger partial charge < -0.3 is 5.73 Å². The zero-order chi connectivity index (χ0) is 29.2. The zero-order valence-corrected chi connectivity index (χ0v) is 21.0. The van der Waals surface area contributed by atoms with Gasteiger partial charge in [-0.25, -0.2) is 13.2 Å². The molecule has 0 spiro atoms. The second-order valence-electron chi connectivity index (χ2n) is 9.27. The van der Waals surface area contributed by atoms with Crippen molar-refractivity contribution >= 4 is 11.7 Å². The maximum Gasteiger partial charge on any atom is 0.435 e. The Balaban J connectivity index is 1.72. The molecule has 2 aromatic heterocycles. The molecule has 6 nitrogen and oxygen atoms in total. The first kappa shape index (κ1) is 28.5. The van der Waals surface area contributed by atoms with Crippen molar-refractivity contribution in [2.75, 3.05) is 0 Å². The van der Waals surface area contributed by atoms with Crippen LogP contribution in [0, 0.1) is 24.4 Å². The topological polar surface area (TPSA) is 90.9 Å². The molecule has 12 heteroatoms. The van der Waals surface area contributed by atoms with Gasteiger partial charge in [0.2, 0.25) is 0 Å². The molecule has 0 saturated carbocycles. The number of hydrogen-bond acceptors (Lipinski definition) is 4. The summed E-state index contributed by atoms with van der Waals surface area (Å²) in [5, 5.41) is 3.48. The van der Waals surface area contributed by atoms with Gasteiger partial charge in [0.15, 0.2) is 11.5 Å². The van der Waals surface area contributed by atoms with Gasteiger partial charge in [0.25, 0.3) is 5.91 Å². The van der Waals surface area contributed by atoms with Crippen LogP contribution in [0.25, 0.3) is 11.1 Å². The van der Waals surface area contributed by atoms with Gasteiger partial charge in [0, 0.05) is 36.4 Å². The number of halogens is 6. The molecule has 2 aromatic carbocycles. The maximum absolute atomic E-state index is 14.1. The van der Waals surface area contributed by atoms with Gasteiger partial charge in [-0.3, -0.25) is 19.3 Å². The third kappa shape index (κ3) is 6.56. The molecule has 0 bridgehead atoms. The molecule has 0 radical (unpaired) electrons. The minimum absolute atomic E-state index is 0.0692. The minimum Gasteiger partial charge on any atom is -0.366 e. The number of nitrogens with two attached hydrogens (primary N) is 1. The van der Waals surface area contributed by atoms with E-state index in [9.17, 15) is 35.9 Å². The number of hydrogen-bond donors (Lipinski definition) is 1. The number of carbonyl (C=O) groups is 2. The average Bonchev–Trinajstić information content (AvgIpc) is 3.23. The number of rotatable bonds is 9. The van der Waals surface area contributed by atoms with E-state index in [1.165, 1.54) is 25.3 Å². The zero-order valence-electron chi connectivity index (χ0n) is 21.0. The van der Waals surface area contributed by atoms with Gasteiger partial charge in [-0.05, 0) is 60.4 Å². The van der Waals surface area contributed by atoms with Crippen LogP contribution in [0.4, 0.5) is 26.3 Å². The van der Waals surface area contributed by atoms with Gasteiger partial charge in [0.05, 0.1) is 17.8 Å². The lowest BCUT2D eigenvalue weighted by Crippen LogP contribution is -2.18. The van der Waals surface area contributed by atoms with E-state index in [0.717, 1.165) is 29.1 Å². The van der Waals surface area contributed by atoms with Crippen LogP contribution in [0.2, 0.25) is 0 Å². The number of ketones is 1. The van der Waals surface area contributed by atoms with Crippen LogP contribution in [0.15, 0.2) is 60.9 Å². The fourth-order valence-electron chi connectivity index (χ4n) is 4.55. The molecule has 0 unspecified atom stereocenters. The summed E-state index contributed by atoms with van der Waals surface area (Å²) in [4.78, 5) is 29.2. The Morgan fingerprint density at radius 1 is 1.02 bits per heavy atom. The molecule has 208 valence electrons. The van der Waals surface area contributed by atoms with Crippen LogP contribution in [0.1, 0.15) is 45.2 Å². The highest BCUT2D eigenvalue weighted by Gasteiger charge is 2.36. The van der Waals surface area contributed by atoms with Crippen LogP contribution < -0.4 is 5.73 Å². The van der Waals surface area contributed by atoms with E-state index in [-0.39, 0.29) is 35.2 Å². The van der Waals surface area contributed by atoms with E-state index in [1.54, 1.807) is 12.1 Å². The number of Topliss-reactive ketones (excluding diaryl/α,β-unsaturated/α-hetero) is 1. The van der Waals surface area contributed by atoms with E-state index in [0.29, 0.717) is 17.2 Å². The van der Waals surface area contributed by atoms with Crippen LogP contribution in [-0.2, 0) is 23.9 Å². The lowest BCUT2D eigenvalue weighted by molar-refractivity contribution is -0.142. The summed E-state index contributed by atoms with van der Waals surface area (Å²) in [6.45, 7) is 0.733. The second-order valence-corrected chi connectivity index (χ2v) is 9.27. The first-order chi connectivity index (χ1) is 18.8. The molecule has 0 aliphatic carbocycles. The summed E-state index contributed by atoms with van der Waals surface area (Å²) in [5.41, 5.74) is 4.88. The lowest BCUT2D eigenvalue weighted by Gasteiger charge is -2.20. The molecule has 4 rings (SSSR count). The Morgan fingerprint density at radius 3 is 2.35 bits per heavy atom. The average molecular weight is 560 g/mol. The normalized spacial score (nSPS) is 12.4. The molecule has 40 heavy (non-hydrogen) atoms. The van der Waals surface area contributed by atoms with E-state index in [4.69, 9.17) is 5.73 Å². The molecule has 0 aliphatic heterocycles. The van der Waals surface area contributed by atoms with E-state index < -0.39 is 53.5 Å². The maximum atomic E-state index is 14.1. The molecular weight excluding hydrogens is 538 g/mol. The number of primary amides is 1. The van der Waals surface area contributed by atoms with Crippen molar-refractivity contribution in [3.63, 3.8) is 0 Å². The third-order valence-corrected chi connectivity index (χ3v) is 6.20. The molecule has 2 N–H and O–H groups in total. The van der Waals surface area contributed by atoms with Crippen molar-refractivity contribution in [3.05, 3.63) is 106 Å². The van der Waals surface area contributed by atoms with Gasteiger partial charge in [0.1, 0.15) is 17.5 Å². The van der Waals surface area contributed by atoms with Crippen molar-refractivity contribution in [3.8, 4) is 11.1 Å². The predicted octanol–water partition coefficient (Wildman–Crippen LogP) is 5.77. The Morgan fingerprint density at radius 2 is 1.73 bits per heavy atom. The summed E-state index contributed by atoms with van der Waals surface area (Å²) < 4.78 is 82.4. The smallest absolute Gasteiger partial charge is 0.366 e. The van der Waals surface area contributed by atoms with Gasteiger partial charge in [-0.1, -0.05) is 12.1 Å². The third-order valence-electron chi connectivity index (χ3n) is 6.20. The van der Waals surface area contributed by atoms with Crippen molar-refractivity contribution < 1.29 is 35.9 Å². The summed E-state index contributed by atoms with van der Waals surface area (Å²) in [6.07, 6.45) is -2.52. The molecule has 1 atom stereocenters. The molecule has 0 aliphatic rings. The summed E-state index contributed by atoms with van der Waals surface area (Å²) in [5.74, 6) is -4.84. The number of aromatic nitrogens is 3. The number of nitrogens with zero attached hydrogens (tertiary/aromatic N) is 3. The second kappa shape index (κ2) is 11.3. The van der Waals surface area contributed by atoms with Crippen LogP contribution in [0.5, 0.6) is 0 Å². The highest BCUT2D eigenvalue weighted by atomic mass is 19.4. The molecule has 2 heterocycles. The van der Waals surface area contributed by atoms with Gasteiger partial charge in [-0.2, -0.15) is 18.3 Å². The number of pyridine rings is 1. The predicted molar refractivity (Wildman–Crippen MR) is 133 cm³/mol. The largest absolute Gasteiger partial charge is 0.435 e. The number of alkyl halides is 3. The van der Waals surface area contributed by atoms with Gasteiger partial charge in [-0.15, -0.1) is 0 Å². The summed E-state index contributed by atoms with van der Waals surface area (Å²) in [7, 11) is 0. The molecule has 0 fully saturated rings. The van der Waals surface area contributed by atoms with Crippen LogP contribution in [0.3, 0.4) is 0 Å². The molecular formula is C28H22F6N4O2. The summed E-state index contributed by atoms with van der Waals surface area (Å²) >= 11 is 0. The number of aryl methyl sites for hydroxylation is 1. The molecule has 4 aromatic rings. The van der Waals surface area contributed by atoms with Crippen LogP contribution in [-0.4, -0.2) is 26.5 Å². The fourth-order valence-corrected chi connectivity index (χ4v) is 4.55. The quantitative estimate of drug-likeness (QED) is 0.263. The van der Waals surface area contributed by atoms with E-state index in [1.807, 2.05) is 0 Å².